The maximum Gasteiger partial charge on any atom is 0.307 e. The van der Waals surface area contributed by atoms with Gasteiger partial charge in [-0.1, -0.05) is 54.1 Å². The fraction of sp³-hybridized carbons (Fsp3) is 0.278. The van der Waals surface area contributed by atoms with E-state index in [9.17, 15) is 9.90 Å². The molecular formula is C18H17ClO2. The van der Waals surface area contributed by atoms with Crippen molar-refractivity contribution in [2.24, 2.45) is 11.8 Å². The second-order valence-corrected chi connectivity index (χ2v) is 6.13. The van der Waals surface area contributed by atoms with Gasteiger partial charge in [0.15, 0.2) is 0 Å². The number of hydrogen-bond acceptors (Lipinski definition) is 1. The summed E-state index contributed by atoms with van der Waals surface area (Å²) in [5, 5.41) is 10.2. The third-order valence-electron chi connectivity index (χ3n) is 4.27. The predicted octanol–water partition coefficient (Wildman–Crippen LogP) is 4.39. The first-order chi connectivity index (χ1) is 10.1. The predicted molar refractivity (Wildman–Crippen MR) is 83.6 cm³/mol. The summed E-state index contributed by atoms with van der Waals surface area (Å²) in [5.74, 6) is -0.398. The Bertz CT molecular complexity index is 621. The molecule has 3 atom stereocenters. The molecule has 0 amide bonds. The van der Waals surface area contributed by atoms with Crippen LogP contribution in [0.5, 0.6) is 0 Å². The van der Waals surface area contributed by atoms with Gasteiger partial charge in [0.05, 0.1) is 5.92 Å². The Morgan fingerprint density at radius 3 is 2.43 bits per heavy atom. The molecule has 3 rings (SSSR count). The van der Waals surface area contributed by atoms with E-state index in [2.05, 4.69) is 12.1 Å². The molecule has 3 heteroatoms. The molecule has 3 unspecified atom stereocenters. The summed E-state index contributed by atoms with van der Waals surface area (Å²) in [6.07, 6.45) is 1.54. The fourth-order valence-corrected chi connectivity index (χ4v) is 3.17. The summed E-state index contributed by atoms with van der Waals surface area (Å²) in [6.45, 7) is 0. The van der Waals surface area contributed by atoms with E-state index >= 15 is 0 Å². The van der Waals surface area contributed by atoms with Gasteiger partial charge in [-0.15, -0.1) is 0 Å². The van der Waals surface area contributed by atoms with Crippen molar-refractivity contribution in [3.63, 3.8) is 0 Å². The minimum atomic E-state index is -0.701. The molecule has 0 heterocycles. The average Bonchev–Trinajstić information content (AvgIpc) is 3.27. The lowest BCUT2D eigenvalue weighted by molar-refractivity contribution is -0.142. The molecule has 2 nitrogen and oxygen atoms in total. The lowest BCUT2D eigenvalue weighted by atomic mass is 9.92. The highest BCUT2D eigenvalue weighted by molar-refractivity contribution is 6.30. The highest BCUT2D eigenvalue weighted by Gasteiger charge is 2.46. The van der Waals surface area contributed by atoms with Crippen LogP contribution in [0, 0.1) is 11.8 Å². The Morgan fingerprint density at radius 2 is 1.81 bits per heavy atom. The second kappa shape index (κ2) is 5.90. The van der Waals surface area contributed by atoms with Crippen LogP contribution in [0.4, 0.5) is 0 Å². The molecule has 0 spiro atoms. The van der Waals surface area contributed by atoms with E-state index in [1.54, 1.807) is 0 Å². The number of hydrogen-bond donors (Lipinski definition) is 1. The maximum atomic E-state index is 11.6. The van der Waals surface area contributed by atoms with Gasteiger partial charge in [0.25, 0.3) is 0 Å². The minimum absolute atomic E-state index is 0.237. The number of aliphatic carboxylic acids is 1. The highest BCUT2D eigenvalue weighted by Crippen LogP contribution is 2.52. The SMILES string of the molecule is O=C(O)C(Cc1ccc(Cl)cc1)C1CC1c1ccccc1. The fourth-order valence-electron chi connectivity index (χ4n) is 3.04. The second-order valence-electron chi connectivity index (χ2n) is 5.69. The van der Waals surface area contributed by atoms with Crippen molar-refractivity contribution in [1.29, 1.82) is 0 Å². The Hall–Kier alpha value is -1.80. The molecule has 1 aliphatic rings. The van der Waals surface area contributed by atoms with Gasteiger partial charge in [-0.05, 0) is 47.9 Å². The molecule has 0 radical (unpaired) electrons. The van der Waals surface area contributed by atoms with Gasteiger partial charge in [-0.25, -0.2) is 0 Å². The number of benzene rings is 2. The molecule has 0 bridgehead atoms. The van der Waals surface area contributed by atoms with Crippen LogP contribution >= 0.6 is 11.6 Å². The zero-order valence-electron chi connectivity index (χ0n) is 11.6. The van der Waals surface area contributed by atoms with E-state index < -0.39 is 5.97 Å². The van der Waals surface area contributed by atoms with E-state index in [4.69, 9.17) is 11.6 Å². The molecule has 1 saturated carbocycles. The van der Waals surface area contributed by atoms with Crippen molar-refractivity contribution in [2.45, 2.75) is 18.8 Å². The first-order valence-electron chi connectivity index (χ1n) is 7.17. The van der Waals surface area contributed by atoms with Crippen molar-refractivity contribution in [3.8, 4) is 0 Å². The van der Waals surface area contributed by atoms with Crippen LogP contribution in [-0.2, 0) is 11.2 Å². The molecule has 108 valence electrons. The van der Waals surface area contributed by atoms with Crippen LogP contribution in [-0.4, -0.2) is 11.1 Å². The monoisotopic (exact) mass is 300 g/mol. The summed E-state index contributed by atoms with van der Waals surface area (Å²) in [5.41, 5.74) is 2.29. The third kappa shape index (κ3) is 3.27. The van der Waals surface area contributed by atoms with Gasteiger partial charge in [0.1, 0.15) is 0 Å². The molecule has 21 heavy (non-hydrogen) atoms. The molecule has 1 aliphatic carbocycles. The first-order valence-corrected chi connectivity index (χ1v) is 7.55. The van der Waals surface area contributed by atoms with Crippen LogP contribution in [0.25, 0.3) is 0 Å². The number of halogens is 1. The first kappa shape index (κ1) is 14.2. The molecule has 2 aromatic rings. The highest BCUT2D eigenvalue weighted by atomic mass is 35.5. The van der Waals surface area contributed by atoms with Crippen LogP contribution < -0.4 is 0 Å². The summed E-state index contributed by atoms with van der Waals surface area (Å²) >= 11 is 5.87. The normalized spacial score (nSPS) is 21.8. The Labute approximate surface area is 129 Å². The molecule has 1 fully saturated rings. The lowest BCUT2D eigenvalue weighted by Crippen LogP contribution is -2.19. The van der Waals surface area contributed by atoms with Crippen LogP contribution in [0.2, 0.25) is 5.02 Å². The van der Waals surface area contributed by atoms with E-state index in [-0.39, 0.29) is 11.8 Å². The topological polar surface area (TPSA) is 37.3 Å². The molecular weight excluding hydrogens is 284 g/mol. The van der Waals surface area contributed by atoms with Crippen LogP contribution in [0.3, 0.4) is 0 Å². The van der Waals surface area contributed by atoms with Crippen molar-refractivity contribution in [1.82, 2.24) is 0 Å². The molecule has 2 aromatic carbocycles. The van der Waals surface area contributed by atoms with Gasteiger partial charge < -0.3 is 5.11 Å². The van der Waals surface area contributed by atoms with Gasteiger partial charge >= 0.3 is 5.97 Å². The molecule has 0 aliphatic heterocycles. The number of rotatable bonds is 5. The van der Waals surface area contributed by atoms with Gasteiger partial charge in [-0.2, -0.15) is 0 Å². The Kier molecular flexibility index (Phi) is 3.98. The van der Waals surface area contributed by atoms with E-state index in [0.29, 0.717) is 17.4 Å². The molecule has 1 N–H and O–H groups in total. The van der Waals surface area contributed by atoms with E-state index in [1.807, 2.05) is 42.5 Å². The summed E-state index contributed by atoms with van der Waals surface area (Å²) in [4.78, 5) is 11.6. The molecule has 0 aromatic heterocycles. The summed E-state index contributed by atoms with van der Waals surface area (Å²) in [6, 6.07) is 17.7. The minimum Gasteiger partial charge on any atom is -0.481 e. The standard InChI is InChI=1S/C18H17ClO2/c19-14-8-6-12(7-9-14)10-17(18(20)21)16-11-15(16)13-4-2-1-3-5-13/h1-9,15-17H,10-11H2,(H,20,21). The zero-order valence-corrected chi connectivity index (χ0v) is 12.3. The van der Waals surface area contributed by atoms with Gasteiger partial charge in [0, 0.05) is 5.02 Å². The maximum absolute atomic E-state index is 11.6. The van der Waals surface area contributed by atoms with Gasteiger partial charge in [-0.3, -0.25) is 4.79 Å². The van der Waals surface area contributed by atoms with Crippen molar-refractivity contribution in [2.75, 3.05) is 0 Å². The Morgan fingerprint density at radius 1 is 1.14 bits per heavy atom. The van der Waals surface area contributed by atoms with Crippen molar-refractivity contribution in [3.05, 3.63) is 70.7 Å². The van der Waals surface area contributed by atoms with E-state index in [0.717, 1.165) is 12.0 Å². The van der Waals surface area contributed by atoms with Crippen molar-refractivity contribution < 1.29 is 9.90 Å². The van der Waals surface area contributed by atoms with Crippen molar-refractivity contribution >= 4 is 17.6 Å². The van der Waals surface area contributed by atoms with E-state index in [1.165, 1.54) is 5.56 Å². The Balaban J connectivity index is 1.72. The number of carbonyl (C=O) groups is 1. The summed E-state index contributed by atoms with van der Waals surface area (Å²) in [7, 11) is 0. The molecule has 0 saturated heterocycles. The van der Waals surface area contributed by atoms with Crippen LogP contribution in [0.15, 0.2) is 54.6 Å². The largest absolute Gasteiger partial charge is 0.481 e. The number of carboxylic acid groups (broad SMARTS) is 1. The quantitative estimate of drug-likeness (QED) is 0.889. The zero-order chi connectivity index (χ0) is 14.8. The lowest BCUT2D eigenvalue weighted by Gasteiger charge is -2.12. The van der Waals surface area contributed by atoms with Gasteiger partial charge in [0.2, 0.25) is 0 Å². The van der Waals surface area contributed by atoms with Crippen LogP contribution in [0.1, 0.15) is 23.5 Å². The third-order valence-corrected chi connectivity index (χ3v) is 4.52. The summed E-state index contributed by atoms with van der Waals surface area (Å²) < 4.78 is 0. The smallest absolute Gasteiger partial charge is 0.307 e. The average molecular weight is 301 g/mol. The number of carboxylic acids is 1.